The number of halogens is 2. The molecule has 0 saturated heterocycles. The van der Waals surface area contributed by atoms with Crippen molar-refractivity contribution >= 4 is 11.9 Å². The van der Waals surface area contributed by atoms with Gasteiger partial charge in [-0.1, -0.05) is 12.5 Å². The molecule has 1 aliphatic carbocycles. The molecule has 2 rings (SSSR count). The first kappa shape index (κ1) is 16.4. The lowest BCUT2D eigenvalue weighted by Crippen LogP contribution is -2.36. The zero-order valence-corrected chi connectivity index (χ0v) is 12.4. The van der Waals surface area contributed by atoms with Crippen LogP contribution in [0.1, 0.15) is 31.2 Å². The average molecular weight is 311 g/mol. The van der Waals surface area contributed by atoms with Gasteiger partial charge in [0.05, 0.1) is 5.92 Å². The predicted octanol–water partition coefficient (Wildman–Crippen LogP) is 2.81. The second kappa shape index (κ2) is 6.85. The van der Waals surface area contributed by atoms with Crippen LogP contribution in [0.2, 0.25) is 0 Å². The van der Waals surface area contributed by atoms with Gasteiger partial charge in [-0.3, -0.25) is 9.59 Å². The van der Waals surface area contributed by atoms with Crippen LogP contribution in [-0.2, 0) is 16.1 Å². The Morgan fingerprint density at radius 1 is 1.23 bits per heavy atom. The highest BCUT2D eigenvalue weighted by atomic mass is 19.2. The maximum atomic E-state index is 13.2. The van der Waals surface area contributed by atoms with Crippen LogP contribution >= 0.6 is 0 Å². The summed E-state index contributed by atoms with van der Waals surface area (Å²) in [6.07, 6.45) is 2.33. The highest BCUT2D eigenvalue weighted by molar-refractivity contribution is 5.80. The van der Waals surface area contributed by atoms with Crippen molar-refractivity contribution in [1.29, 1.82) is 0 Å². The summed E-state index contributed by atoms with van der Waals surface area (Å²) in [4.78, 5) is 24.9. The Balaban J connectivity index is 1.99. The van der Waals surface area contributed by atoms with Crippen molar-refractivity contribution in [2.75, 3.05) is 7.05 Å². The molecule has 22 heavy (non-hydrogen) atoms. The zero-order chi connectivity index (χ0) is 16.3. The predicted molar refractivity (Wildman–Crippen MR) is 75.9 cm³/mol. The number of carbonyl (C=O) groups excluding carboxylic acids is 1. The van der Waals surface area contributed by atoms with E-state index in [1.807, 2.05) is 0 Å². The van der Waals surface area contributed by atoms with Gasteiger partial charge in [-0.25, -0.2) is 8.78 Å². The van der Waals surface area contributed by atoms with Crippen LogP contribution in [0.15, 0.2) is 18.2 Å². The molecule has 0 bridgehead atoms. The third-order valence-corrected chi connectivity index (χ3v) is 4.15. The van der Waals surface area contributed by atoms with Crippen LogP contribution < -0.4 is 0 Å². The van der Waals surface area contributed by atoms with Gasteiger partial charge in [0.2, 0.25) is 5.91 Å². The molecule has 1 saturated carbocycles. The molecular weight excluding hydrogens is 292 g/mol. The monoisotopic (exact) mass is 311 g/mol. The van der Waals surface area contributed by atoms with E-state index in [-0.39, 0.29) is 18.4 Å². The molecule has 4 nitrogen and oxygen atoms in total. The number of carbonyl (C=O) groups is 2. The minimum absolute atomic E-state index is 0.143. The van der Waals surface area contributed by atoms with Crippen molar-refractivity contribution in [3.63, 3.8) is 0 Å². The Bertz CT molecular complexity index is 577. The zero-order valence-electron chi connectivity index (χ0n) is 12.4. The first-order valence-electron chi connectivity index (χ1n) is 7.30. The van der Waals surface area contributed by atoms with E-state index in [2.05, 4.69) is 0 Å². The summed E-state index contributed by atoms with van der Waals surface area (Å²) in [7, 11) is 1.59. The molecule has 1 N–H and O–H groups in total. The summed E-state index contributed by atoms with van der Waals surface area (Å²) in [5.41, 5.74) is 0.500. The number of benzene rings is 1. The third-order valence-electron chi connectivity index (χ3n) is 4.15. The molecule has 2 unspecified atom stereocenters. The van der Waals surface area contributed by atoms with E-state index in [0.29, 0.717) is 31.2 Å². The van der Waals surface area contributed by atoms with E-state index in [4.69, 9.17) is 5.11 Å². The van der Waals surface area contributed by atoms with E-state index in [1.165, 1.54) is 11.0 Å². The van der Waals surface area contributed by atoms with Gasteiger partial charge < -0.3 is 10.0 Å². The first-order valence-corrected chi connectivity index (χ1v) is 7.30. The molecule has 0 spiro atoms. The maximum absolute atomic E-state index is 13.2. The van der Waals surface area contributed by atoms with E-state index in [0.717, 1.165) is 12.1 Å². The number of rotatable bonds is 4. The van der Waals surface area contributed by atoms with Gasteiger partial charge in [0.1, 0.15) is 0 Å². The Labute approximate surface area is 127 Å². The fraction of sp³-hybridized carbons (Fsp3) is 0.500. The molecule has 1 amide bonds. The molecule has 0 aromatic heterocycles. The third kappa shape index (κ3) is 3.81. The lowest BCUT2D eigenvalue weighted by molar-refractivity contribution is -0.145. The van der Waals surface area contributed by atoms with Crippen molar-refractivity contribution in [2.45, 2.75) is 32.2 Å². The van der Waals surface area contributed by atoms with E-state index < -0.39 is 23.5 Å². The Hall–Kier alpha value is -1.98. The summed E-state index contributed by atoms with van der Waals surface area (Å²) >= 11 is 0. The smallest absolute Gasteiger partial charge is 0.306 e. The normalized spacial score (nSPS) is 21.4. The summed E-state index contributed by atoms with van der Waals surface area (Å²) in [6, 6.07) is 3.53. The molecule has 1 fully saturated rings. The molecule has 1 aliphatic rings. The highest BCUT2D eigenvalue weighted by Gasteiger charge is 2.32. The Morgan fingerprint density at radius 3 is 2.55 bits per heavy atom. The van der Waals surface area contributed by atoms with Crippen molar-refractivity contribution in [3.05, 3.63) is 35.4 Å². The van der Waals surface area contributed by atoms with Crippen LogP contribution in [0.25, 0.3) is 0 Å². The van der Waals surface area contributed by atoms with E-state index in [1.54, 1.807) is 7.05 Å². The van der Waals surface area contributed by atoms with Crippen molar-refractivity contribution in [2.24, 2.45) is 11.8 Å². The molecule has 0 radical (unpaired) electrons. The molecule has 6 heteroatoms. The van der Waals surface area contributed by atoms with Crippen molar-refractivity contribution in [3.8, 4) is 0 Å². The second-order valence-electron chi connectivity index (χ2n) is 5.84. The van der Waals surface area contributed by atoms with Crippen molar-refractivity contribution < 1.29 is 23.5 Å². The minimum atomic E-state index is -0.943. The Kier molecular flexibility index (Phi) is 5.11. The van der Waals surface area contributed by atoms with Crippen LogP contribution in [-0.4, -0.2) is 28.9 Å². The average Bonchev–Trinajstić information content (AvgIpc) is 2.50. The van der Waals surface area contributed by atoms with Gasteiger partial charge >= 0.3 is 5.97 Å². The number of aliphatic carboxylic acids is 1. The van der Waals surface area contributed by atoms with Gasteiger partial charge in [0, 0.05) is 19.5 Å². The molecular formula is C16H19F2NO3. The van der Waals surface area contributed by atoms with Gasteiger partial charge in [0.25, 0.3) is 0 Å². The fourth-order valence-corrected chi connectivity index (χ4v) is 2.94. The molecule has 0 aliphatic heterocycles. The summed E-state index contributed by atoms with van der Waals surface area (Å²) in [6.45, 7) is 0.171. The standard InChI is InChI=1S/C16H19F2NO3/c1-19(9-10-5-6-13(17)14(18)7-10)15(20)11-3-2-4-12(8-11)16(21)22/h5-7,11-12H,2-4,8-9H2,1H3,(H,21,22). The number of hydrogen-bond donors (Lipinski definition) is 1. The van der Waals surface area contributed by atoms with Crippen LogP contribution in [0.3, 0.4) is 0 Å². The van der Waals surface area contributed by atoms with Gasteiger partial charge in [-0.15, -0.1) is 0 Å². The molecule has 1 aromatic rings. The lowest BCUT2D eigenvalue weighted by Gasteiger charge is -2.29. The topological polar surface area (TPSA) is 57.6 Å². The largest absolute Gasteiger partial charge is 0.481 e. The molecule has 1 aromatic carbocycles. The fourth-order valence-electron chi connectivity index (χ4n) is 2.94. The van der Waals surface area contributed by atoms with Gasteiger partial charge in [0.15, 0.2) is 11.6 Å². The number of carboxylic acid groups (broad SMARTS) is 1. The maximum Gasteiger partial charge on any atom is 0.306 e. The van der Waals surface area contributed by atoms with Crippen LogP contribution in [0.4, 0.5) is 8.78 Å². The lowest BCUT2D eigenvalue weighted by atomic mass is 9.81. The summed E-state index contributed by atoms with van der Waals surface area (Å²) < 4.78 is 26.1. The minimum Gasteiger partial charge on any atom is -0.481 e. The van der Waals surface area contributed by atoms with E-state index >= 15 is 0 Å². The number of hydrogen-bond acceptors (Lipinski definition) is 2. The van der Waals surface area contributed by atoms with Gasteiger partial charge in [-0.2, -0.15) is 0 Å². The first-order chi connectivity index (χ1) is 10.4. The SMILES string of the molecule is CN(Cc1ccc(F)c(F)c1)C(=O)C1CCCC(C(=O)O)C1. The van der Waals surface area contributed by atoms with Crippen LogP contribution in [0, 0.1) is 23.5 Å². The molecule has 120 valence electrons. The number of carboxylic acids is 1. The number of nitrogens with zero attached hydrogens (tertiary/aromatic N) is 1. The van der Waals surface area contributed by atoms with Crippen molar-refractivity contribution in [1.82, 2.24) is 4.90 Å². The van der Waals surface area contributed by atoms with E-state index in [9.17, 15) is 18.4 Å². The molecule has 0 heterocycles. The molecule has 2 atom stereocenters. The van der Waals surface area contributed by atoms with Crippen LogP contribution in [0.5, 0.6) is 0 Å². The second-order valence-corrected chi connectivity index (χ2v) is 5.84. The summed E-state index contributed by atoms with van der Waals surface area (Å²) in [5.74, 6) is -3.66. The Morgan fingerprint density at radius 2 is 1.91 bits per heavy atom. The number of amides is 1. The van der Waals surface area contributed by atoms with Gasteiger partial charge in [-0.05, 0) is 37.0 Å². The summed E-state index contributed by atoms with van der Waals surface area (Å²) in [5, 5.41) is 9.07. The highest BCUT2D eigenvalue weighted by Crippen LogP contribution is 2.30. The quantitative estimate of drug-likeness (QED) is 0.930.